The first-order chi connectivity index (χ1) is 10.0. The van der Waals surface area contributed by atoms with Crippen molar-refractivity contribution in [3.8, 4) is 0 Å². The van der Waals surface area contributed by atoms with E-state index in [4.69, 9.17) is 4.74 Å². The summed E-state index contributed by atoms with van der Waals surface area (Å²) in [7, 11) is 0. The number of nitrogens with zero attached hydrogens (tertiary/aromatic N) is 2. The quantitative estimate of drug-likeness (QED) is 0.737. The Bertz CT molecular complexity index is 490. The van der Waals surface area contributed by atoms with Crippen LogP contribution in [0.5, 0.6) is 0 Å². The van der Waals surface area contributed by atoms with Gasteiger partial charge in [-0.05, 0) is 13.8 Å². The monoisotopic (exact) mass is 296 g/mol. The van der Waals surface area contributed by atoms with Crippen LogP contribution in [0.2, 0.25) is 0 Å². The number of aliphatic carboxylic acids is 1. The van der Waals surface area contributed by atoms with Gasteiger partial charge in [0.05, 0.1) is 25.3 Å². The Morgan fingerprint density at radius 3 is 2.95 bits per heavy atom. The first-order valence-corrected chi connectivity index (χ1v) is 6.91. The molecular formula is C13H20N4O4. The molecule has 1 aliphatic heterocycles. The number of hydrogen-bond acceptors (Lipinski definition) is 4. The first-order valence-electron chi connectivity index (χ1n) is 6.91. The van der Waals surface area contributed by atoms with Crippen LogP contribution in [0.1, 0.15) is 25.7 Å². The number of carbonyl (C=O) groups excluding carboxylic acids is 1. The molecule has 0 aromatic carbocycles. The van der Waals surface area contributed by atoms with Gasteiger partial charge in [0.2, 0.25) is 0 Å². The van der Waals surface area contributed by atoms with Gasteiger partial charge in [0, 0.05) is 18.9 Å². The molecule has 1 aliphatic rings. The van der Waals surface area contributed by atoms with Crippen molar-refractivity contribution >= 4 is 12.0 Å². The fourth-order valence-corrected chi connectivity index (χ4v) is 2.47. The van der Waals surface area contributed by atoms with E-state index in [1.54, 1.807) is 12.4 Å². The van der Waals surface area contributed by atoms with Crippen molar-refractivity contribution in [3.63, 3.8) is 0 Å². The summed E-state index contributed by atoms with van der Waals surface area (Å²) in [6.07, 6.45) is 3.29. The van der Waals surface area contributed by atoms with E-state index >= 15 is 0 Å². The predicted octanol–water partition coefficient (Wildman–Crippen LogP) is 0.602. The molecule has 3 N–H and O–H groups in total. The maximum absolute atomic E-state index is 12.4. The minimum Gasteiger partial charge on any atom is -0.481 e. The summed E-state index contributed by atoms with van der Waals surface area (Å²) in [5.41, 5.74) is 0. The minimum atomic E-state index is -0.942. The normalized spacial score (nSPS) is 22.8. The molecule has 8 heteroatoms. The van der Waals surface area contributed by atoms with Gasteiger partial charge in [0.15, 0.2) is 0 Å². The van der Waals surface area contributed by atoms with Gasteiger partial charge in [-0.3, -0.25) is 4.79 Å². The second kappa shape index (κ2) is 6.57. The molecule has 2 heterocycles. The summed E-state index contributed by atoms with van der Waals surface area (Å²) in [5.74, 6) is -0.977. The summed E-state index contributed by atoms with van der Waals surface area (Å²) in [6.45, 7) is 4.41. The SMILES string of the molecule is CCN(C(=O)NC(C)c1ncc[nH]1)C1COCC1C(=O)O. The maximum Gasteiger partial charge on any atom is 0.318 e. The van der Waals surface area contributed by atoms with E-state index in [2.05, 4.69) is 15.3 Å². The van der Waals surface area contributed by atoms with Gasteiger partial charge in [0.1, 0.15) is 11.7 Å². The minimum absolute atomic E-state index is 0.136. The molecule has 0 aliphatic carbocycles. The number of aromatic nitrogens is 2. The molecule has 3 atom stereocenters. The van der Waals surface area contributed by atoms with Gasteiger partial charge in [0.25, 0.3) is 0 Å². The Kier molecular flexibility index (Phi) is 4.79. The van der Waals surface area contributed by atoms with Crippen LogP contribution in [0.3, 0.4) is 0 Å². The number of nitrogens with one attached hydrogen (secondary N) is 2. The van der Waals surface area contributed by atoms with Gasteiger partial charge >= 0.3 is 12.0 Å². The Balaban J connectivity index is 2.03. The highest BCUT2D eigenvalue weighted by atomic mass is 16.5. The van der Waals surface area contributed by atoms with Gasteiger partial charge in [-0.2, -0.15) is 0 Å². The Morgan fingerprint density at radius 2 is 2.38 bits per heavy atom. The Labute approximate surface area is 122 Å². The molecule has 1 aromatic heterocycles. The summed E-state index contributed by atoms with van der Waals surface area (Å²) in [6, 6.07) is -1.05. The van der Waals surface area contributed by atoms with Crippen molar-refractivity contribution in [2.24, 2.45) is 5.92 Å². The average molecular weight is 296 g/mol. The van der Waals surface area contributed by atoms with E-state index in [-0.39, 0.29) is 25.3 Å². The summed E-state index contributed by atoms with van der Waals surface area (Å²) in [5, 5.41) is 12.0. The third-order valence-electron chi connectivity index (χ3n) is 3.64. The molecule has 116 valence electrons. The zero-order valence-electron chi connectivity index (χ0n) is 12.1. The van der Waals surface area contributed by atoms with E-state index in [1.165, 1.54) is 4.90 Å². The van der Waals surface area contributed by atoms with Crippen molar-refractivity contribution in [1.82, 2.24) is 20.2 Å². The zero-order chi connectivity index (χ0) is 15.4. The largest absolute Gasteiger partial charge is 0.481 e. The lowest BCUT2D eigenvalue weighted by Gasteiger charge is -2.30. The second-order valence-electron chi connectivity index (χ2n) is 4.98. The standard InChI is InChI=1S/C13H20N4O4/c1-3-17(10-7-21-6-9(10)12(18)19)13(20)16-8(2)11-14-4-5-15-11/h4-5,8-10H,3,6-7H2,1-2H3,(H,14,15)(H,16,20)(H,18,19). The third-order valence-corrected chi connectivity index (χ3v) is 3.64. The number of ether oxygens (including phenoxy) is 1. The van der Waals surface area contributed by atoms with Crippen LogP contribution >= 0.6 is 0 Å². The summed E-state index contributed by atoms with van der Waals surface area (Å²) >= 11 is 0. The molecular weight excluding hydrogens is 276 g/mol. The lowest BCUT2D eigenvalue weighted by Crippen LogP contribution is -2.51. The summed E-state index contributed by atoms with van der Waals surface area (Å²) in [4.78, 5) is 32.1. The number of aromatic amines is 1. The molecule has 21 heavy (non-hydrogen) atoms. The summed E-state index contributed by atoms with van der Waals surface area (Å²) < 4.78 is 5.22. The van der Waals surface area contributed by atoms with Crippen molar-refractivity contribution in [2.75, 3.05) is 19.8 Å². The lowest BCUT2D eigenvalue weighted by molar-refractivity contribution is -0.142. The van der Waals surface area contributed by atoms with Crippen LogP contribution in [-0.4, -0.2) is 57.8 Å². The van der Waals surface area contributed by atoms with Crippen LogP contribution in [-0.2, 0) is 9.53 Å². The fraction of sp³-hybridized carbons (Fsp3) is 0.615. The van der Waals surface area contributed by atoms with Gasteiger partial charge in [-0.25, -0.2) is 9.78 Å². The number of carbonyl (C=O) groups is 2. The van der Waals surface area contributed by atoms with E-state index in [0.29, 0.717) is 12.4 Å². The highest BCUT2D eigenvalue weighted by molar-refractivity contribution is 5.77. The number of urea groups is 1. The fourth-order valence-electron chi connectivity index (χ4n) is 2.47. The maximum atomic E-state index is 12.4. The topological polar surface area (TPSA) is 108 Å². The van der Waals surface area contributed by atoms with Crippen molar-refractivity contribution in [3.05, 3.63) is 18.2 Å². The molecule has 0 radical (unpaired) electrons. The van der Waals surface area contributed by atoms with Gasteiger partial charge in [-0.15, -0.1) is 0 Å². The smallest absolute Gasteiger partial charge is 0.318 e. The van der Waals surface area contributed by atoms with Gasteiger partial charge in [-0.1, -0.05) is 0 Å². The molecule has 0 bridgehead atoms. The number of carboxylic acids is 1. The van der Waals surface area contributed by atoms with Crippen molar-refractivity contribution in [2.45, 2.75) is 25.9 Å². The molecule has 2 amide bonds. The van der Waals surface area contributed by atoms with Crippen LogP contribution in [0, 0.1) is 5.92 Å². The van der Waals surface area contributed by atoms with E-state index in [9.17, 15) is 14.7 Å². The average Bonchev–Trinajstić information content (AvgIpc) is 3.10. The molecule has 0 spiro atoms. The van der Waals surface area contributed by atoms with E-state index in [0.717, 1.165) is 0 Å². The molecule has 1 fully saturated rings. The van der Waals surface area contributed by atoms with Crippen LogP contribution in [0.4, 0.5) is 4.79 Å². The Morgan fingerprint density at radius 1 is 1.62 bits per heavy atom. The number of rotatable bonds is 5. The van der Waals surface area contributed by atoms with Crippen molar-refractivity contribution < 1.29 is 19.4 Å². The Hall–Kier alpha value is -2.09. The highest BCUT2D eigenvalue weighted by Gasteiger charge is 2.39. The van der Waals surface area contributed by atoms with Gasteiger partial charge < -0.3 is 25.0 Å². The van der Waals surface area contributed by atoms with Crippen LogP contribution in [0.25, 0.3) is 0 Å². The van der Waals surface area contributed by atoms with E-state index in [1.807, 2.05) is 13.8 Å². The second-order valence-corrected chi connectivity index (χ2v) is 4.98. The zero-order valence-corrected chi connectivity index (χ0v) is 12.1. The highest BCUT2D eigenvalue weighted by Crippen LogP contribution is 2.20. The number of amides is 2. The molecule has 0 saturated carbocycles. The number of H-pyrrole nitrogens is 1. The molecule has 2 rings (SSSR count). The first kappa shape index (κ1) is 15.3. The number of likely N-dealkylation sites (N-methyl/N-ethyl adjacent to an activating group) is 1. The molecule has 8 nitrogen and oxygen atoms in total. The molecule has 1 aromatic rings. The predicted molar refractivity (Wildman–Crippen MR) is 73.6 cm³/mol. The van der Waals surface area contributed by atoms with E-state index < -0.39 is 17.9 Å². The number of carboxylic acid groups (broad SMARTS) is 1. The molecule has 3 unspecified atom stereocenters. The third kappa shape index (κ3) is 3.33. The lowest BCUT2D eigenvalue weighted by atomic mass is 10.0. The van der Waals surface area contributed by atoms with Crippen LogP contribution in [0.15, 0.2) is 12.4 Å². The van der Waals surface area contributed by atoms with Crippen LogP contribution < -0.4 is 5.32 Å². The molecule has 1 saturated heterocycles. The number of imidazole rings is 1. The number of hydrogen-bond donors (Lipinski definition) is 3. The van der Waals surface area contributed by atoms with Crippen molar-refractivity contribution in [1.29, 1.82) is 0 Å².